The number of hydrogen-bond acceptors (Lipinski definition) is 5. The van der Waals surface area contributed by atoms with Crippen molar-refractivity contribution in [2.45, 2.75) is 11.6 Å². The Morgan fingerprint density at radius 1 is 1.30 bits per heavy atom. The van der Waals surface area contributed by atoms with Gasteiger partial charge in [-0.05, 0) is 29.3 Å². The maximum atomic E-state index is 11.7. The fourth-order valence-electron chi connectivity index (χ4n) is 2.18. The fourth-order valence-corrected chi connectivity index (χ4v) is 2.89. The van der Waals surface area contributed by atoms with Crippen LogP contribution in [0, 0.1) is 0 Å². The number of benzene rings is 1. The fraction of sp³-hybridized carbons (Fsp3) is 0.231. The Kier molecular flexibility index (Phi) is 2.86. The van der Waals surface area contributed by atoms with E-state index in [1.54, 1.807) is 13.3 Å². The normalized spacial score (nSPS) is 13.5. The molecule has 1 aromatic heterocycles. The molecule has 104 valence electrons. The molecule has 0 amide bonds. The van der Waals surface area contributed by atoms with Gasteiger partial charge in [-0.2, -0.15) is 0 Å². The Bertz CT molecular complexity index is 806. The van der Waals surface area contributed by atoms with Crippen molar-refractivity contribution in [3.63, 3.8) is 0 Å². The van der Waals surface area contributed by atoms with Crippen molar-refractivity contribution in [1.82, 2.24) is 14.8 Å². The monoisotopic (exact) mass is 291 g/mol. The molecule has 0 spiro atoms. The van der Waals surface area contributed by atoms with Crippen LogP contribution in [-0.4, -0.2) is 36.5 Å². The Morgan fingerprint density at radius 2 is 2.10 bits per heavy atom. The van der Waals surface area contributed by atoms with Crippen LogP contribution in [0.5, 0.6) is 5.75 Å². The third kappa shape index (κ3) is 2.09. The van der Waals surface area contributed by atoms with E-state index in [0.717, 1.165) is 23.1 Å². The third-order valence-electron chi connectivity index (χ3n) is 3.17. The number of ether oxygens (including phenoxy) is 1. The number of hydrogen-bond donors (Lipinski definition) is 0. The van der Waals surface area contributed by atoms with Crippen molar-refractivity contribution >= 4 is 22.1 Å². The van der Waals surface area contributed by atoms with Gasteiger partial charge in [-0.1, -0.05) is 6.07 Å². The van der Waals surface area contributed by atoms with E-state index < -0.39 is 9.84 Å². The van der Waals surface area contributed by atoms with Crippen LogP contribution in [0.2, 0.25) is 0 Å². The van der Waals surface area contributed by atoms with Crippen LogP contribution >= 0.6 is 0 Å². The second-order valence-electron chi connectivity index (χ2n) is 4.60. The molecular weight excluding hydrogens is 278 g/mol. The smallest absolute Gasteiger partial charge is 0.253 e. The summed E-state index contributed by atoms with van der Waals surface area (Å²) in [5, 5.41) is 7.71. The summed E-state index contributed by atoms with van der Waals surface area (Å²) in [6, 6.07) is 5.72. The molecular formula is C13H13N3O3S. The highest BCUT2D eigenvalue weighted by Crippen LogP contribution is 2.25. The van der Waals surface area contributed by atoms with Crippen molar-refractivity contribution in [3.05, 3.63) is 35.2 Å². The van der Waals surface area contributed by atoms with Crippen LogP contribution in [-0.2, 0) is 16.3 Å². The van der Waals surface area contributed by atoms with Crippen LogP contribution in [0.4, 0.5) is 0 Å². The zero-order valence-corrected chi connectivity index (χ0v) is 11.9. The summed E-state index contributed by atoms with van der Waals surface area (Å²) < 4.78 is 30.1. The molecule has 0 saturated heterocycles. The second kappa shape index (κ2) is 4.45. The molecule has 2 heterocycles. The van der Waals surface area contributed by atoms with Gasteiger partial charge in [-0.3, -0.25) is 4.57 Å². The first-order chi connectivity index (χ1) is 9.49. The van der Waals surface area contributed by atoms with Crippen LogP contribution in [0.15, 0.2) is 23.4 Å². The molecule has 0 N–H and O–H groups in total. The average Bonchev–Trinajstić information content (AvgIpc) is 2.72. The average molecular weight is 291 g/mol. The van der Waals surface area contributed by atoms with E-state index in [2.05, 4.69) is 10.2 Å². The highest BCUT2D eigenvalue weighted by atomic mass is 32.2. The minimum Gasteiger partial charge on any atom is -0.497 e. The van der Waals surface area contributed by atoms with Crippen molar-refractivity contribution < 1.29 is 13.2 Å². The summed E-state index contributed by atoms with van der Waals surface area (Å²) in [5.41, 5.74) is 2.03. The largest absolute Gasteiger partial charge is 0.497 e. The van der Waals surface area contributed by atoms with Gasteiger partial charge in [0.25, 0.3) is 5.16 Å². The summed E-state index contributed by atoms with van der Waals surface area (Å²) >= 11 is 0. The van der Waals surface area contributed by atoms with Gasteiger partial charge in [0.2, 0.25) is 9.84 Å². The molecule has 0 unspecified atom stereocenters. The third-order valence-corrected chi connectivity index (χ3v) is 4.11. The first-order valence-electron chi connectivity index (χ1n) is 5.98. The number of nitrogens with zero attached hydrogens (tertiary/aromatic N) is 3. The van der Waals surface area contributed by atoms with Crippen molar-refractivity contribution in [3.8, 4) is 5.75 Å². The van der Waals surface area contributed by atoms with E-state index in [1.807, 2.05) is 24.3 Å². The molecule has 0 saturated carbocycles. The Labute approximate surface area is 116 Å². The standard InChI is InChI=1S/C13H13N3O3S/c1-19-11-4-3-9-5-6-16-12(8-10(9)7-11)14-15-13(16)20(2,17)18/h3-7H,8H2,1-2H3. The Morgan fingerprint density at radius 3 is 2.80 bits per heavy atom. The number of sulfone groups is 1. The van der Waals surface area contributed by atoms with Gasteiger partial charge < -0.3 is 4.74 Å². The zero-order chi connectivity index (χ0) is 14.3. The highest BCUT2D eigenvalue weighted by molar-refractivity contribution is 7.90. The predicted molar refractivity (Wildman–Crippen MR) is 74.2 cm³/mol. The van der Waals surface area contributed by atoms with Gasteiger partial charge in [0.15, 0.2) is 0 Å². The van der Waals surface area contributed by atoms with Gasteiger partial charge >= 0.3 is 0 Å². The van der Waals surface area contributed by atoms with Gasteiger partial charge in [-0.15, -0.1) is 10.2 Å². The molecule has 1 aromatic carbocycles. The molecule has 0 radical (unpaired) electrons. The first kappa shape index (κ1) is 12.9. The molecule has 2 aromatic rings. The number of fused-ring (bicyclic) bond motifs is 2. The summed E-state index contributed by atoms with van der Waals surface area (Å²) in [5.74, 6) is 1.35. The second-order valence-corrected chi connectivity index (χ2v) is 6.51. The van der Waals surface area contributed by atoms with Crippen LogP contribution in [0.25, 0.3) is 12.3 Å². The minimum absolute atomic E-state index is 0.0384. The number of rotatable bonds is 2. The molecule has 0 bridgehead atoms. The summed E-state index contributed by atoms with van der Waals surface area (Å²) in [7, 11) is -1.79. The van der Waals surface area contributed by atoms with Gasteiger partial charge in [0, 0.05) is 18.9 Å². The molecule has 3 rings (SSSR count). The summed E-state index contributed by atoms with van der Waals surface area (Å²) in [6.07, 6.45) is 5.16. The van der Waals surface area contributed by atoms with Gasteiger partial charge in [-0.25, -0.2) is 8.42 Å². The van der Waals surface area contributed by atoms with Crippen LogP contribution in [0.3, 0.4) is 0 Å². The van der Waals surface area contributed by atoms with E-state index in [4.69, 9.17) is 4.74 Å². The van der Waals surface area contributed by atoms with Gasteiger partial charge in [0.1, 0.15) is 11.6 Å². The lowest BCUT2D eigenvalue weighted by Crippen LogP contribution is -2.06. The molecule has 0 fully saturated rings. The Balaban J connectivity index is 2.14. The van der Waals surface area contributed by atoms with Crippen molar-refractivity contribution in [1.29, 1.82) is 0 Å². The van der Waals surface area contributed by atoms with E-state index in [9.17, 15) is 8.42 Å². The topological polar surface area (TPSA) is 74.1 Å². The van der Waals surface area contributed by atoms with Crippen molar-refractivity contribution in [2.24, 2.45) is 0 Å². The molecule has 0 atom stereocenters. The number of methoxy groups -OCH3 is 1. The molecule has 20 heavy (non-hydrogen) atoms. The maximum absolute atomic E-state index is 11.7. The molecule has 6 nitrogen and oxygen atoms in total. The summed E-state index contributed by atoms with van der Waals surface area (Å²) in [4.78, 5) is 0. The van der Waals surface area contributed by atoms with Crippen molar-refractivity contribution in [2.75, 3.05) is 13.4 Å². The highest BCUT2D eigenvalue weighted by Gasteiger charge is 2.21. The summed E-state index contributed by atoms with van der Waals surface area (Å²) in [6.45, 7) is 0. The lowest BCUT2D eigenvalue weighted by Gasteiger charge is -2.06. The SMILES string of the molecule is COc1ccc2c(c1)Cc1nnc(S(C)(=O)=O)n1C=C2. The predicted octanol–water partition coefficient (Wildman–Crippen LogP) is 1.22. The lowest BCUT2D eigenvalue weighted by atomic mass is 10.0. The van der Waals surface area contributed by atoms with E-state index in [0.29, 0.717) is 12.2 Å². The van der Waals surface area contributed by atoms with Crippen LogP contribution in [0.1, 0.15) is 17.0 Å². The molecule has 0 aliphatic carbocycles. The quantitative estimate of drug-likeness (QED) is 0.710. The number of aromatic nitrogens is 3. The van der Waals surface area contributed by atoms with E-state index in [-0.39, 0.29) is 5.16 Å². The zero-order valence-electron chi connectivity index (χ0n) is 11.1. The van der Waals surface area contributed by atoms with E-state index >= 15 is 0 Å². The lowest BCUT2D eigenvalue weighted by molar-refractivity contribution is 0.414. The van der Waals surface area contributed by atoms with Gasteiger partial charge in [0.05, 0.1) is 7.11 Å². The van der Waals surface area contributed by atoms with Crippen LogP contribution < -0.4 is 4.74 Å². The maximum Gasteiger partial charge on any atom is 0.253 e. The minimum atomic E-state index is -3.40. The Hall–Kier alpha value is -2.15. The first-order valence-corrected chi connectivity index (χ1v) is 7.87. The molecule has 1 aliphatic heterocycles. The van der Waals surface area contributed by atoms with E-state index in [1.165, 1.54) is 4.57 Å². The molecule has 1 aliphatic rings. The molecule has 7 heteroatoms.